The molecule has 0 saturated carbocycles. The largest absolute Gasteiger partial charge is 0.459 e. The van der Waals surface area contributed by atoms with Crippen LogP contribution in [0.3, 0.4) is 0 Å². The first-order chi connectivity index (χ1) is 6.32. The van der Waals surface area contributed by atoms with Gasteiger partial charge in [0.2, 0.25) is 0 Å². The second kappa shape index (κ2) is 5.01. The zero-order valence-electron chi connectivity index (χ0n) is 8.70. The SMILES string of the molecule is COC(=O)C#CC(C)S(=O)(=O)C(C)C. The number of methoxy groups -OCH3 is 1. The summed E-state index contributed by atoms with van der Waals surface area (Å²) in [7, 11) is -2.07. The molecule has 0 aliphatic heterocycles. The van der Waals surface area contributed by atoms with Gasteiger partial charge in [-0.3, -0.25) is 0 Å². The molecule has 0 rings (SSSR count). The first-order valence-corrected chi connectivity index (χ1v) is 5.75. The van der Waals surface area contributed by atoms with Crippen molar-refractivity contribution in [3.8, 4) is 11.8 Å². The molecule has 0 aromatic rings. The first-order valence-electron chi connectivity index (χ1n) is 4.14. The van der Waals surface area contributed by atoms with E-state index in [1.807, 2.05) is 0 Å². The van der Waals surface area contributed by atoms with Crippen molar-refractivity contribution >= 4 is 15.8 Å². The lowest BCUT2D eigenvalue weighted by Gasteiger charge is -2.09. The smallest absolute Gasteiger partial charge is 0.384 e. The average Bonchev–Trinajstić information content (AvgIpc) is 2.12. The Labute approximate surface area is 84.6 Å². The molecule has 0 amide bonds. The van der Waals surface area contributed by atoms with E-state index in [4.69, 9.17) is 0 Å². The predicted octanol–water partition coefficient (Wildman–Crippen LogP) is 0.374. The van der Waals surface area contributed by atoms with Crippen LogP contribution in [-0.2, 0) is 19.4 Å². The second-order valence-electron chi connectivity index (χ2n) is 3.04. The molecule has 0 aliphatic rings. The van der Waals surface area contributed by atoms with Crippen LogP contribution >= 0.6 is 0 Å². The van der Waals surface area contributed by atoms with Crippen molar-refractivity contribution in [1.29, 1.82) is 0 Å². The Balaban J connectivity index is 4.72. The number of ether oxygens (including phenoxy) is 1. The van der Waals surface area contributed by atoms with Crippen molar-refractivity contribution in [2.75, 3.05) is 7.11 Å². The quantitative estimate of drug-likeness (QED) is 0.382. The fourth-order valence-electron chi connectivity index (χ4n) is 0.702. The lowest BCUT2D eigenvalue weighted by molar-refractivity contribution is -0.133. The van der Waals surface area contributed by atoms with Gasteiger partial charge in [0.05, 0.1) is 12.4 Å². The maximum Gasteiger partial charge on any atom is 0.384 e. The van der Waals surface area contributed by atoms with E-state index in [9.17, 15) is 13.2 Å². The number of carbonyl (C=O) groups excluding carboxylic acids is 1. The standard InChI is InChI=1S/C9H14O4S/c1-7(2)14(11,12)8(3)5-6-9(10)13-4/h7-8H,1-4H3. The summed E-state index contributed by atoms with van der Waals surface area (Å²) in [6, 6.07) is 0. The van der Waals surface area contributed by atoms with Crippen molar-refractivity contribution in [2.45, 2.75) is 31.3 Å². The number of rotatable bonds is 2. The molecule has 0 fully saturated rings. The highest BCUT2D eigenvalue weighted by Crippen LogP contribution is 2.07. The van der Waals surface area contributed by atoms with Gasteiger partial charge in [0.1, 0.15) is 5.25 Å². The van der Waals surface area contributed by atoms with E-state index in [1.54, 1.807) is 13.8 Å². The van der Waals surface area contributed by atoms with Crippen LogP contribution < -0.4 is 0 Å². The van der Waals surface area contributed by atoms with E-state index < -0.39 is 26.3 Å². The highest BCUT2D eigenvalue weighted by atomic mass is 32.2. The molecule has 0 N–H and O–H groups in total. The van der Waals surface area contributed by atoms with E-state index in [2.05, 4.69) is 16.6 Å². The van der Waals surface area contributed by atoms with Crippen LogP contribution in [0, 0.1) is 11.8 Å². The minimum Gasteiger partial charge on any atom is -0.459 e. The van der Waals surface area contributed by atoms with Crippen molar-refractivity contribution < 1.29 is 17.9 Å². The summed E-state index contributed by atoms with van der Waals surface area (Å²) in [6.07, 6.45) is 0. The van der Waals surface area contributed by atoms with Crippen LogP contribution in [0.5, 0.6) is 0 Å². The molecule has 0 aromatic carbocycles. The van der Waals surface area contributed by atoms with Gasteiger partial charge in [-0.05, 0) is 20.8 Å². The van der Waals surface area contributed by atoms with E-state index in [-0.39, 0.29) is 0 Å². The molecule has 0 saturated heterocycles. The maximum atomic E-state index is 11.5. The lowest BCUT2D eigenvalue weighted by atomic mass is 10.4. The molecule has 1 unspecified atom stereocenters. The molecule has 0 aliphatic carbocycles. The van der Waals surface area contributed by atoms with E-state index in [0.717, 1.165) is 0 Å². The molecule has 14 heavy (non-hydrogen) atoms. The summed E-state index contributed by atoms with van der Waals surface area (Å²) < 4.78 is 27.2. The molecule has 1 atom stereocenters. The van der Waals surface area contributed by atoms with Crippen LogP contribution in [0.2, 0.25) is 0 Å². The zero-order chi connectivity index (χ0) is 11.4. The maximum absolute atomic E-state index is 11.5. The lowest BCUT2D eigenvalue weighted by Crippen LogP contribution is -2.24. The number of esters is 1. The van der Waals surface area contributed by atoms with Crippen molar-refractivity contribution in [1.82, 2.24) is 0 Å². The number of carbonyl (C=O) groups is 1. The normalized spacial score (nSPS) is 12.9. The van der Waals surface area contributed by atoms with Crippen LogP contribution in [0.15, 0.2) is 0 Å². The topological polar surface area (TPSA) is 60.4 Å². The Hall–Kier alpha value is -1.02. The third-order valence-corrected chi connectivity index (χ3v) is 4.13. The van der Waals surface area contributed by atoms with Crippen LogP contribution in [-0.4, -0.2) is 32.0 Å². The van der Waals surface area contributed by atoms with Crippen LogP contribution in [0.1, 0.15) is 20.8 Å². The second-order valence-corrected chi connectivity index (χ2v) is 5.87. The Bertz CT molecular complexity index is 356. The average molecular weight is 218 g/mol. The van der Waals surface area contributed by atoms with Gasteiger partial charge >= 0.3 is 5.97 Å². The molecule has 4 nitrogen and oxygen atoms in total. The molecule has 0 radical (unpaired) electrons. The summed E-state index contributed by atoms with van der Waals surface area (Å²) >= 11 is 0. The molecular formula is C9H14O4S. The third kappa shape index (κ3) is 3.38. The van der Waals surface area contributed by atoms with Gasteiger partial charge in [-0.15, -0.1) is 0 Å². The van der Waals surface area contributed by atoms with Crippen molar-refractivity contribution in [2.24, 2.45) is 0 Å². The highest BCUT2D eigenvalue weighted by molar-refractivity contribution is 7.92. The molecule has 0 aromatic heterocycles. The fraction of sp³-hybridized carbons (Fsp3) is 0.667. The van der Waals surface area contributed by atoms with Crippen molar-refractivity contribution in [3.05, 3.63) is 0 Å². The van der Waals surface area contributed by atoms with Gasteiger partial charge in [0, 0.05) is 5.92 Å². The first kappa shape index (κ1) is 13.0. The fourth-order valence-corrected chi connectivity index (χ4v) is 1.74. The Morgan fingerprint density at radius 3 is 2.14 bits per heavy atom. The summed E-state index contributed by atoms with van der Waals surface area (Å²) in [5, 5.41) is -1.34. The summed E-state index contributed by atoms with van der Waals surface area (Å²) in [5.74, 6) is 3.72. The highest BCUT2D eigenvalue weighted by Gasteiger charge is 2.22. The number of sulfone groups is 1. The van der Waals surface area contributed by atoms with Gasteiger partial charge in [-0.1, -0.05) is 5.92 Å². The summed E-state index contributed by atoms with van der Waals surface area (Å²) in [5.41, 5.74) is 0. The van der Waals surface area contributed by atoms with Crippen LogP contribution in [0.25, 0.3) is 0 Å². The van der Waals surface area contributed by atoms with Gasteiger partial charge in [-0.2, -0.15) is 0 Å². The minimum atomic E-state index is -3.26. The number of hydrogen-bond donors (Lipinski definition) is 0. The van der Waals surface area contributed by atoms with E-state index in [1.165, 1.54) is 14.0 Å². The molecule has 0 heterocycles. The molecule has 0 spiro atoms. The van der Waals surface area contributed by atoms with Crippen LogP contribution in [0.4, 0.5) is 0 Å². The van der Waals surface area contributed by atoms with Gasteiger partial charge in [0.25, 0.3) is 0 Å². The minimum absolute atomic E-state index is 0.496. The van der Waals surface area contributed by atoms with E-state index in [0.29, 0.717) is 0 Å². The molecular weight excluding hydrogens is 204 g/mol. The monoisotopic (exact) mass is 218 g/mol. The molecule has 80 valence electrons. The van der Waals surface area contributed by atoms with E-state index >= 15 is 0 Å². The predicted molar refractivity (Wildman–Crippen MR) is 53.3 cm³/mol. The van der Waals surface area contributed by atoms with Gasteiger partial charge in [-0.25, -0.2) is 13.2 Å². The van der Waals surface area contributed by atoms with Gasteiger partial charge < -0.3 is 4.74 Å². The van der Waals surface area contributed by atoms with Gasteiger partial charge in [0.15, 0.2) is 9.84 Å². The zero-order valence-corrected chi connectivity index (χ0v) is 9.51. The Morgan fingerprint density at radius 1 is 1.29 bits per heavy atom. The Morgan fingerprint density at radius 2 is 1.79 bits per heavy atom. The molecule has 0 bridgehead atoms. The summed E-state index contributed by atoms with van der Waals surface area (Å²) in [6.45, 7) is 4.60. The third-order valence-electron chi connectivity index (χ3n) is 1.71. The van der Waals surface area contributed by atoms with Crippen molar-refractivity contribution in [3.63, 3.8) is 0 Å². The molecule has 5 heteroatoms. The summed E-state index contributed by atoms with van der Waals surface area (Å²) in [4.78, 5) is 10.6. The Kier molecular flexibility index (Phi) is 4.64. The number of hydrogen-bond acceptors (Lipinski definition) is 4.